The second-order valence-corrected chi connectivity index (χ2v) is 5.67. The number of hydrogen-bond donors (Lipinski definition) is 1. The molecular weight excluding hydrogens is 338 g/mol. The summed E-state index contributed by atoms with van der Waals surface area (Å²) < 4.78 is 14.9. The molecule has 1 heterocycles. The van der Waals surface area contributed by atoms with Gasteiger partial charge in [0, 0.05) is 17.4 Å². The van der Waals surface area contributed by atoms with Gasteiger partial charge in [0.05, 0.1) is 22.0 Å². The number of rotatable bonds is 3. The molecule has 0 aliphatic heterocycles. The zero-order valence-corrected chi connectivity index (χ0v) is 13.3. The van der Waals surface area contributed by atoms with Crippen LogP contribution in [-0.2, 0) is 0 Å². The van der Waals surface area contributed by atoms with Gasteiger partial charge in [-0.3, -0.25) is 4.79 Å². The summed E-state index contributed by atoms with van der Waals surface area (Å²) in [5.74, 6) is -0.920. The quantitative estimate of drug-likeness (QED) is 0.695. The molecule has 0 radical (unpaired) electrons. The number of amides is 1. The van der Waals surface area contributed by atoms with Gasteiger partial charge in [0.1, 0.15) is 5.82 Å². The highest BCUT2D eigenvalue weighted by molar-refractivity contribution is 6.34. The molecule has 0 aliphatic carbocycles. The van der Waals surface area contributed by atoms with Gasteiger partial charge in [-0.2, -0.15) is 0 Å². The normalized spacial score (nSPS) is 10.6. The Morgan fingerprint density at radius 1 is 1.04 bits per heavy atom. The van der Waals surface area contributed by atoms with Crippen molar-refractivity contribution in [2.75, 3.05) is 5.32 Å². The Kier molecular flexibility index (Phi) is 4.37. The zero-order valence-electron chi connectivity index (χ0n) is 11.8. The standard InChI is InChI=1S/C17H11Cl2FN2O/c18-11-3-6-15(16(9-11)22-7-1-2-8-22)21-17(23)13-5-4-12(20)10-14(13)19/h1-10H,(H,21,23). The van der Waals surface area contributed by atoms with Crippen molar-refractivity contribution in [1.82, 2.24) is 4.57 Å². The lowest BCUT2D eigenvalue weighted by atomic mass is 10.2. The van der Waals surface area contributed by atoms with Gasteiger partial charge < -0.3 is 9.88 Å². The monoisotopic (exact) mass is 348 g/mol. The number of nitrogens with zero attached hydrogens (tertiary/aromatic N) is 1. The summed E-state index contributed by atoms with van der Waals surface area (Å²) in [6.45, 7) is 0. The van der Waals surface area contributed by atoms with Crippen molar-refractivity contribution in [1.29, 1.82) is 0 Å². The molecule has 1 aromatic heterocycles. The zero-order chi connectivity index (χ0) is 16.4. The van der Waals surface area contributed by atoms with Gasteiger partial charge in [0.15, 0.2) is 0 Å². The lowest BCUT2D eigenvalue weighted by molar-refractivity contribution is 0.102. The number of benzene rings is 2. The summed E-state index contributed by atoms with van der Waals surface area (Å²) in [6, 6.07) is 12.5. The number of carbonyl (C=O) groups excluding carboxylic acids is 1. The van der Waals surface area contributed by atoms with Crippen LogP contribution in [0.15, 0.2) is 60.9 Å². The summed E-state index contributed by atoms with van der Waals surface area (Å²) in [6.07, 6.45) is 3.68. The third-order valence-corrected chi connectivity index (χ3v) is 3.81. The minimum atomic E-state index is -0.494. The van der Waals surface area contributed by atoms with Gasteiger partial charge in [0.2, 0.25) is 0 Å². The molecule has 0 saturated carbocycles. The highest BCUT2D eigenvalue weighted by atomic mass is 35.5. The highest BCUT2D eigenvalue weighted by Gasteiger charge is 2.14. The minimum absolute atomic E-state index is 0.0546. The topological polar surface area (TPSA) is 34.0 Å². The molecule has 2 aromatic carbocycles. The van der Waals surface area contributed by atoms with E-state index in [1.54, 1.807) is 18.2 Å². The predicted octanol–water partition coefficient (Wildman–Crippen LogP) is 5.18. The van der Waals surface area contributed by atoms with Crippen molar-refractivity contribution < 1.29 is 9.18 Å². The lowest BCUT2D eigenvalue weighted by Crippen LogP contribution is -2.14. The summed E-state index contributed by atoms with van der Waals surface area (Å²) >= 11 is 12.0. The molecule has 1 N–H and O–H groups in total. The number of aromatic nitrogens is 1. The van der Waals surface area contributed by atoms with Crippen LogP contribution in [-0.4, -0.2) is 10.5 Å². The minimum Gasteiger partial charge on any atom is -0.322 e. The first kappa shape index (κ1) is 15.6. The van der Waals surface area contributed by atoms with E-state index in [1.807, 2.05) is 29.1 Å². The molecule has 116 valence electrons. The van der Waals surface area contributed by atoms with Crippen LogP contribution in [0.4, 0.5) is 10.1 Å². The molecule has 0 unspecified atom stereocenters. The fourth-order valence-electron chi connectivity index (χ4n) is 2.18. The van der Waals surface area contributed by atoms with Crippen LogP contribution >= 0.6 is 23.2 Å². The average molecular weight is 349 g/mol. The summed E-state index contributed by atoms with van der Waals surface area (Å²) in [5, 5.41) is 3.38. The number of hydrogen-bond acceptors (Lipinski definition) is 1. The molecule has 0 spiro atoms. The van der Waals surface area contributed by atoms with Crippen molar-refractivity contribution in [3.63, 3.8) is 0 Å². The van der Waals surface area contributed by atoms with E-state index in [2.05, 4.69) is 5.32 Å². The van der Waals surface area contributed by atoms with Crippen molar-refractivity contribution in [3.8, 4) is 5.69 Å². The molecule has 6 heteroatoms. The van der Waals surface area contributed by atoms with Crippen molar-refractivity contribution in [2.24, 2.45) is 0 Å². The third kappa shape index (κ3) is 3.38. The Bertz CT molecular complexity index is 863. The van der Waals surface area contributed by atoms with Gasteiger partial charge in [-0.15, -0.1) is 0 Å². The van der Waals surface area contributed by atoms with Crippen LogP contribution in [0.2, 0.25) is 10.0 Å². The predicted molar refractivity (Wildman–Crippen MR) is 90.1 cm³/mol. The van der Waals surface area contributed by atoms with E-state index in [0.717, 1.165) is 6.07 Å². The maximum Gasteiger partial charge on any atom is 0.257 e. The fourth-order valence-corrected chi connectivity index (χ4v) is 2.60. The van der Waals surface area contributed by atoms with E-state index in [4.69, 9.17) is 23.2 Å². The van der Waals surface area contributed by atoms with Crippen molar-refractivity contribution >= 4 is 34.8 Å². The maximum absolute atomic E-state index is 13.1. The molecular formula is C17H11Cl2FN2O. The fraction of sp³-hybridized carbons (Fsp3) is 0. The van der Waals surface area contributed by atoms with Gasteiger partial charge in [-0.1, -0.05) is 23.2 Å². The van der Waals surface area contributed by atoms with Gasteiger partial charge in [0.25, 0.3) is 5.91 Å². The van der Waals surface area contributed by atoms with Crippen LogP contribution in [0.5, 0.6) is 0 Å². The molecule has 3 nitrogen and oxygen atoms in total. The van der Waals surface area contributed by atoms with Crippen molar-refractivity contribution in [3.05, 3.63) is 82.4 Å². The Morgan fingerprint density at radius 3 is 2.48 bits per heavy atom. The third-order valence-electron chi connectivity index (χ3n) is 3.27. The van der Waals surface area contributed by atoms with E-state index in [1.165, 1.54) is 12.1 Å². The molecule has 0 bridgehead atoms. The smallest absolute Gasteiger partial charge is 0.257 e. The number of carbonyl (C=O) groups is 1. The van der Waals surface area contributed by atoms with E-state index in [-0.39, 0.29) is 10.6 Å². The summed E-state index contributed by atoms with van der Waals surface area (Å²) in [5.41, 5.74) is 1.48. The molecule has 1 amide bonds. The van der Waals surface area contributed by atoms with Crippen LogP contribution in [0.25, 0.3) is 5.69 Å². The Morgan fingerprint density at radius 2 is 1.78 bits per heavy atom. The molecule has 0 saturated heterocycles. The van der Waals surface area contributed by atoms with Crippen LogP contribution in [0.1, 0.15) is 10.4 Å². The Balaban J connectivity index is 1.95. The Hall–Kier alpha value is -2.30. The molecule has 0 atom stereocenters. The van der Waals surface area contributed by atoms with Gasteiger partial charge in [-0.25, -0.2) is 4.39 Å². The number of anilines is 1. The highest BCUT2D eigenvalue weighted by Crippen LogP contribution is 2.26. The summed E-state index contributed by atoms with van der Waals surface area (Å²) in [7, 11) is 0. The number of halogens is 3. The second kappa shape index (κ2) is 6.44. The van der Waals surface area contributed by atoms with E-state index < -0.39 is 11.7 Å². The first-order chi connectivity index (χ1) is 11.0. The summed E-state index contributed by atoms with van der Waals surface area (Å²) in [4.78, 5) is 12.4. The SMILES string of the molecule is O=C(Nc1ccc(Cl)cc1-n1cccc1)c1ccc(F)cc1Cl. The Labute approximate surface area is 142 Å². The molecule has 0 aliphatic rings. The van der Waals surface area contributed by atoms with Crippen LogP contribution in [0, 0.1) is 5.82 Å². The van der Waals surface area contributed by atoms with E-state index >= 15 is 0 Å². The molecule has 3 aromatic rings. The molecule has 0 fully saturated rings. The largest absolute Gasteiger partial charge is 0.322 e. The van der Waals surface area contributed by atoms with Gasteiger partial charge in [-0.05, 0) is 48.5 Å². The molecule has 3 rings (SSSR count). The van der Waals surface area contributed by atoms with E-state index in [9.17, 15) is 9.18 Å². The van der Waals surface area contributed by atoms with Gasteiger partial charge >= 0.3 is 0 Å². The first-order valence-electron chi connectivity index (χ1n) is 6.74. The number of nitrogens with one attached hydrogen (secondary N) is 1. The molecule has 23 heavy (non-hydrogen) atoms. The second-order valence-electron chi connectivity index (χ2n) is 4.83. The van der Waals surface area contributed by atoms with Crippen LogP contribution < -0.4 is 5.32 Å². The van der Waals surface area contributed by atoms with Crippen LogP contribution in [0.3, 0.4) is 0 Å². The lowest BCUT2D eigenvalue weighted by Gasteiger charge is -2.13. The average Bonchev–Trinajstić information content (AvgIpc) is 3.03. The first-order valence-corrected chi connectivity index (χ1v) is 7.49. The maximum atomic E-state index is 13.1. The van der Waals surface area contributed by atoms with E-state index in [0.29, 0.717) is 16.4 Å². The van der Waals surface area contributed by atoms with Crippen molar-refractivity contribution in [2.45, 2.75) is 0 Å².